The van der Waals surface area contributed by atoms with Gasteiger partial charge < -0.3 is 10.6 Å². The molecule has 1 aromatic heterocycles. The van der Waals surface area contributed by atoms with Crippen LogP contribution in [0, 0.1) is 5.82 Å². The van der Waals surface area contributed by atoms with Crippen LogP contribution in [0.2, 0.25) is 15.1 Å². The summed E-state index contributed by atoms with van der Waals surface area (Å²) in [5.41, 5.74) is 7.86. The van der Waals surface area contributed by atoms with Gasteiger partial charge in [0.05, 0.1) is 45.8 Å². The van der Waals surface area contributed by atoms with Crippen LogP contribution in [0.3, 0.4) is 0 Å². The number of rotatable bonds is 4. The van der Waals surface area contributed by atoms with Crippen molar-refractivity contribution in [2.75, 3.05) is 6.54 Å². The van der Waals surface area contributed by atoms with Crippen molar-refractivity contribution in [1.82, 2.24) is 14.7 Å². The highest BCUT2D eigenvalue weighted by Gasteiger charge is 2.29. The second-order valence-electron chi connectivity index (χ2n) is 7.13. The third kappa shape index (κ3) is 4.26. The lowest BCUT2D eigenvalue weighted by Crippen LogP contribution is -2.40. The normalized spacial score (nSPS) is 13.2. The van der Waals surface area contributed by atoms with Gasteiger partial charge in [-0.2, -0.15) is 5.10 Å². The van der Waals surface area contributed by atoms with Crippen molar-refractivity contribution in [1.29, 1.82) is 0 Å². The summed E-state index contributed by atoms with van der Waals surface area (Å²) >= 11 is 17.9. The molecule has 1 aliphatic rings. The average molecular weight is 482 g/mol. The van der Waals surface area contributed by atoms with Gasteiger partial charge in [0.1, 0.15) is 11.5 Å². The van der Waals surface area contributed by atoms with Gasteiger partial charge in [-0.15, -0.1) is 0 Å². The van der Waals surface area contributed by atoms with Crippen LogP contribution in [-0.4, -0.2) is 33.0 Å². The Labute approximate surface area is 192 Å². The zero-order valence-corrected chi connectivity index (χ0v) is 18.3. The van der Waals surface area contributed by atoms with Crippen molar-refractivity contribution < 1.29 is 14.0 Å². The first-order valence-corrected chi connectivity index (χ1v) is 10.4. The van der Waals surface area contributed by atoms with E-state index in [9.17, 15) is 14.0 Å². The molecule has 2 amide bonds. The van der Waals surface area contributed by atoms with Crippen LogP contribution >= 0.6 is 34.8 Å². The Morgan fingerprint density at radius 3 is 2.48 bits per heavy atom. The monoisotopic (exact) mass is 480 g/mol. The van der Waals surface area contributed by atoms with Crippen molar-refractivity contribution in [2.45, 2.75) is 19.5 Å². The molecule has 2 heterocycles. The lowest BCUT2D eigenvalue weighted by Gasteiger charge is -2.28. The lowest BCUT2D eigenvalue weighted by atomic mass is 10.0. The SMILES string of the molecule is NC(=O)c1c(-c2ccc(F)c(Cl)c2)nn2c1CN(C(=O)Cc1ccc(Cl)c(Cl)c1)CC2. The molecule has 0 atom stereocenters. The Balaban J connectivity index is 1.63. The molecule has 0 radical (unpaired) electrons. The molecule has 0 unspecified atom stereocenters. The first-order valence-electron chi connectivity index (χ1n) is 9.31. The predicted molar refractivity (Wildman–Crippen MR) is 117 cm³/mol. The van der Waals surface area contributed by atoms with E-state index in [1.54, 1.807) is 27.8 Å². The van der Waals surface area contributed by atoms with E-state index in [1.807, 2.05) is 0 Å². The van der Waals surface area contributed by atoms with Crippen LogP contribution in [0.5, 0.6) is 0 Å². The molecule has 0 spiro atoms. The molecule has 0 saturated carbocycles. The van der Waals surface area contributed by atoms with E-state index in [-0.39, 0.29) is 29.5 Å². The summed E-state index contributed by atoms with van der Waals surface area (Å²) in [7, 11) is 0. The minimum atomic E-state index is -0.685. The zero-order valence-electron chi connectivity index (χ0n) is 16.0. The average Bonchev–Trinajstić information content (AvgIpc) is 3.11. The van der Waals surface area contributed by atoms with Crippen molar-refractivity contribution in [2.24, 2.45) is 5.73 Å². The number of hydrogen-bond acceptors (Lipinski definition) is 3. The molecule has 0 aliphatic carbocycles. The van der Waals surface area contributed by atoms with Gasteiger partial charge in [-0.1, -0.05) is 40.9 Å². The van der Waals surface area contributed by atoms with Crippen molar-refractivity contribution in [3.05, 3.63) is 74.1 Å². The molecule has 31 heavy (non-hydrogen) atoms. The number of amides is 2. The van der Waals surface area contributed by atoms with Crippen molar-refractivity contribution in [3.63, 3.8) is 0 Å². The summed E-state index contributed by atoms with van der Waals surface area (Å²) in [4.78, 5) is 26.7. The van der Waals surface area contributed by atoms with E-state index in [4.69, 9.17) is 40.5 Å². The summed E-state index contributed by atoms with van der Waals surface area (Å²) < 4.78 is 15.2. The summed E-state index contributed by atoms with van der Waals surface area (Å²) in [6.07, 6.45) is 0.136. The van der Waals surface area contributed by atoms with Gasteiger partial charge in [0.25, 0.3) is 5.91 Å². The molecule has 0 bridgehead atoms. The molecular formula is C21H16Cl3FN4O2. The summed E-state index contributed by atoms with van der Waals surface area (Å²) in [5, 5.41) is 5.18. The first kappa shape index (κ1) is 21.6. The molecule has 0 saturated heterocycles. The quantitative estimate of drug-likeness (QED) is 0.602. The maximum absolute atomic E-state index is 13.6. The highest BCUT2D eigenvalue weighted by molar-refractivity contribution is 6.42. The number of fused-ring (bicyclic) bond motifs is 1. The summed E-state index contributed by atoms with van der Waals surface area (Å²) in [6.45, 7) is 0.967. The van der Waals surface area contributed by atoms with Gasteiger partial charge in [0.15, 0.2) is 0 Å². The van der Waals surface area contributed by atoms with Gasteiger partial charge in [0, 0.05) is 12.1 Å². The number of nitrogens with zero attached hydrogens (tertiary/aromatic N) is 3. The second kappa shape index (κ2) is 8.49. The van der Waals surface area contributed by atoms with E-state index in [0.29, 0.717) is 40.1 Å². The molecule has 160 valence electrons. The minimum absolute atomic E-state index is 0.0858. The van der Waals surface area contributed by atoms with Crippen molar-refractivity contribution in [3.8, 4) is 11.3 Å². The van der Waals surface area contributed by atoms with Crippen LogP contribution < -0.4 is 5.73 Å². The minimum Gasteiger partial charge on any atom is -0.365 e. The van der Waals surface area contributed by atoms with E-state index in [1.165, 1.54) is 18.2 Å². The standard InChI is InChI=1S/C21H16Cl3FN4O2/c22-13-3-1-11(7-14(13)23)8-18(30)28-5-6-29-17(10-28)19(21(26)31)20(27-29)12-2-4-16(25)15(24)9-12/h1-4,7,9H,5-6,8,10H2,(H2,26,31). The van der Waals surface area contributed by atoms with Gasteiger partial charge in [-0.25, -0.2) is 4.39 Å². The highest BCUT2D eigenvalue weighted by Crippen LogP contribution is 2.31. The van der Waals surface area contributed by atoms with Crippen LogP contribution in [0.1, 0.15) is 21.6 Å². The van der Waals surface area contributed by atoms with E-state index < -0.39 is 11.7 Å². The molecule has 4 rings (SSSR count). The number of benzene rings is 2. The zero-order chi connectivity index (χ0) is 22.3. The van der Waals surface area contributed by atoms with Gasteiger partial charge in [-0.3, -0.25) is 14.3 Å². The largest absolute Gasteiger partial charge is 0.365 e. The van der Waals surface area contributed by atoms with Crippen LogP contribution in [-0.2, 0) is 24.3 Å². The third-order valence-electron chi connectivity index (χ3n) is 5.11. The Hall–Kier alpha value is -2.61. The van der Waals surface area contributed by atoms with Crippen LogP contribution in [0.15, 0.2) is 36.4 Å². The fraction of sp³-hybridized carbons (Fsp3) is 0.190. The highest BCUT2D eigenvalue weighted by atomic mass is 35.5. The molecule has 2 aromatic carbocycles. The smallest absolute Gasteiger partial charge is 0.252 e. The van der Waals surface area contributed by atoms with E-state index in [0.717, 1.165) is 5.56 Å². The summed E-state index contributed by atoms with van der Waals surface area (Å²) in [5.74, 6) is -1.39. The van der Waals surface area contributed by atoms with Crippen LogP contribution in [0.25, 0.3) is 11.3 Å². The summed E-state index contributed by atoms with van der Waals surface area (Å²) in [6, 6.07) is 9.11. The molecule has 1 aliphatic heterocycles. The second-order valence-corrected chi connectivity index (χ2v) is 8.35. The molecule has 3 aromatic rings. The molecule has 10 heteroatoms. The molecule has 0 fully saturated rings. The number of carbonyl (C=O) groups is 2. The van der Waals surface area contributed by atoms with E-state index in [2.05, 4.69) is 5.10 Å². The van der Waals surface area contributed by atoms with Crippen LogP contribution in [0.4, 0.5) is 4.39 Å². The Morgan fingerprint density at radius 1 is 1.03 bits per heavy atom. The van der Waals surface area contributed by atoms with Gasteiger partial charge in [-0.05, 0) is 35.9 Å². The van der Waals surface area contributed by atoms with E-state index >= 15 is 0 Å². The Kier molecular flexibility index (Phi) is 5.92. The number of primary amides is 1. The number of aromatic nitrogens is 2. The van der Waals surface area contributed by atoms with Gasteiger partial charge >= 0.3 is 0 Å². The number of carbonyl (C=O) groups excluding carboxylic acids is 2. The Bertz CT molecular complexity index is 1210. The Morgan fingerprint density at radius 2 is 1.81 bits per heavy atom. The predicted octanol–water partition coefficient (Wildman–Crippen LogP) is 4.33. The fourth-order valence-electron chi connectivity index (χ4n) is 3.57. The van der Waals surface area contributed by atoms with Crippen molar-refractivity contribution >= 4 is 46.6 Å². The maximum atomic E-state index is 13.6. The maximum Gasteiger partial charge on any atom is 0.252 e. The fourth-order valence-corrected chi connectivity index (χ4v) is 4.07. The molecular weight excluding hydrogens is 466 g/mol. The lowest BCUT2D eigenvalue weighted by molar-refractivity contribution is -0.132. The topological polar surface area (TPSA) is 81.2 Å². The number of halogens is 4. The number of hydrogen-bond donors (Lipinski definition) is 1. The molecule has 2 N–H and O–H groups in total. The van der Waals surface area contributed by atoms with Gasteiger partial charge in [0.2, 0.25) is 5.91 Å². The third-order valence-corrected chi connectivity index (χ3v) is 6.14. The number of nitrogens with two attached hydrogens (primary N) is 1. The molecule has 6 nitrogen and oxygen atoms in total. The first-order chi connectivity index (χ1) is 14.7.